The summed E-state index contributed by atoms with van der Waals surface area (Å²) in [4.78, 5) is 14.1. The molecule has 0 fully saturated rings. The van der Waals surface area contributed by atoms with Crippen molar-refractivity contribution in [1.82, 2.24) is 0 Å². The van der Waals surface area contributed by atoms with E-state index < -0.39 is 0 Å². The summed E-state index contributed by atoms with van der Waals surface area (Å²) in [7, 11) is 0. The summed E-state index contributed by atoms with van der Waals surface area (Å²) in [6.45, 7) is 0.340. The summed E-state index contributed by atoms with van der Waals surface area (Å²) in [6, 6.07) is 3.75. The minimum Gasteiger partial charge on any atom is -0.490 e. The Morgan fingerprint density at radius 3 is 3.17 bits per heavy atom. The number of benzene rings is 1. The lowest BCUT2D eigenvalue weighted by atomic mass is 9.95. The first-order chi connectivity index (χ1) is 8.78. The zero-order chi connectivity index (χ0) is 12.5. The zero-order valence-electron chi connectivity index (χ0n) is 9.72. The minimum absolute atomic E-state index is 0.0620. The Balaban J connectivity index is 1.90. The van der Waals surface area contributed by atoms with Gasteiger partial charge in [-0.05, 0) is 29.6 Å². The van der Waals surface area contributed by atoms with Gasteiger partial charge in [0, 0.05) is 29.0 Å². The predicted molar refractivity (Wildman–Crippen MR) is 65.5 cm³/mol. The van der Waals surface area contributed by atoms with E-state index >= 15 is 0 Å². The van der Waals surface area contributed by atoms with Crippen molar-refractivity contribution >= 4 is 11.6 Å². The Bertz CT molecular complexity index is 563. The van der Waals surface area contributed by atoms with Crippen LogP contribution in [0.15, 0.2) is 17.2 Å². The molecule has 3 rings (SSSR count). The number of hydrogen-bond donors (Lipinski definition) is 1. The first-order valence-electron chi connectivity index (χ1n) is 5.90. The third-order valence-electron chi connectivity index (χ3n) is 3.34. The van der Waals surface area contributed by atoms with Crippen LogP contribution in [0, 0.1) is 0 Å². The van der Waals surface area contributed by atoms with Crippen molar-refractivity contribution in [2.75, 3.05) is 11.9 Å². The number of fused-ring (bicyclic) bond motifs is 3. The molecular formula is C12H12N4O2. The molecule has 1 aromatic carbocycles. The molecule has 1 N–H and O–H groups in total. The van der Waals surface area contributed by atoms with E-state index in [1.165, 1.54) is 0 Å². The molecule has 92 valence electrons. The van der Waals surface area contributed by atoms with Crippen molar-refractivity contribution in [3.63, 3.8) is 0 Å². The molecule has 0 aromatic heterocycles. The van der Waals surface area contributed by atoms with Gasteiger partial charge in [0.05, 0.1) is 6.54 Å². The van der Waals surface area contributed by atoms with Crippen molar-refractivity contribution in [3.8, 4) is 5.75 Å². The number of amides is 1. The van der Waals surface area contributed by atoms with Crippen LogP contribution in [0.1, 0.15) is 17.5 Å². The van der Waals surface area contributed by atoms with Crippen molar-refractivity contribution < 1.29 is 9.53 Å². The quantitative estimate of drug-likeness (QED) is 0.491. The normalized spacial score (nSPS) is 20.2. The highest BCUT2D eigenvalue weighted by Gasteiger charge is 2.28. The third kappa shape index (κ3) is 1.76. The lowest BCUT2D eigenvalue weighted by molar-refractivity contribution is -0.116. The summed E-state index contributed by atoms with van der Waals surface area (Å²) in [5, 5.41) is 6.42. The van der Waals surface area contributed by atoms with Crippen molar-refractivity contribution in [3.05, 3.63) is 33.7 Å². The average molecular weight is 244 g/mol. The Morgan fingerprint density at radius 1 is 1.44 bits per heavy atom. The zero-order valence-corrected chi connectivity index (χ0v) is 9.72. The lowest BCUT2D eigenvalue weighted by Crippen LogP contribution is -2.20. The van der Waals surface area contributed by atoms with Crippen molar-refractivity contribution in [1.29, 1.82) is 0 Å². The molecule has 1 aromatic rings. The number of carbonyl (C=O) groups is 1. The molecule has 0 aliphatic carbocycles. The Labute approximate surface area is 104 Å². The minimum atomic E-state index is -0.0833. The highest BCUT2D eigenvalue weighted by molar-refractivity contribution is 5.94. The Kier molecular flexibility index (Phi) is 2.57. The topological polar surface area (TPSA) is 87.1 Å². The van der Waals surface area contributed by atoms with E-state index in [1.54, 1.807) is 0 Å². The van der Waals surface area contributed by atoms with Crippen LogP contribution in [0.2, 0.25) is 0 Å². The van der Waals surface area contributed by atoms with E-state index in [-0.39, 0.29) is 12.0 Å². The second-order valence-electron chi connectivity index (χ2n) is 4.47. The standard InChI is InChI=1S/C12H12N4O2/c13-16-14-6-7-5-9-8-1-4-12(17)15-10(8)2-3-11(9)18-7/h2-3,7H,1,4-6H2,(H,15,17). The van der Waals surface area contributed by atoms with Gasteiger partial charge in [0.15, 0.2) is 0 Å². The predicted octanol–water partition coefficient (Wildman–Crippen LogP) is 2.19. The highest BCUT2D eigenvalue weighted by Crippen LogP contribution is 2.37. The van der Waals surface area contributed by atoms with Crippen molar-refractivity contribution in [2.45, 2.75) is 25.4 Å². The van der Waals surface area contributed by atoms with Gasteiger partial charge in [0.1, 0.15) is 11.9 Å². The van der Waals surface area contributed by atoms with Gasteiger partial charge in [-0.2, -0.15) is 0 Å². The maximum atomic E-state index is 11.3. The molecule has 18 heavy (non-hydrogen) atoms. The van der Waals surface area contributed by atoms with E-state index in [0.29, 0.717) is 13.0 Å². The molecule has 0 saturated heterocycles. The molecule has 1 unspecified atom stereocenters. The van der Waals surface area contributed by atoms with E-state index in [9.17, 15) is 4.79 Å². The van der Waals surface area contributed by atoms with E-state index in [2.05, 4.69) is 15.3 Å². The number of anilines is 1. The molecule has 1 amide bonds. The van der Waals surface area contributed by atoms with Crippen LogP contribution in [0.5, 0.6) is 5.75 Å². The average Bonchev–Trinajstić information content (AvgIpc) is 2.79. The van der Waals surface area contributed by atoms with Gasteiger partial charge >= 0.3 is 0 Å². The highest BCUT2D eigenvalue weighted by atomic mass is 16.5. The SMILES string of the molecule is [N-]=[N+]=NCC1Cc2c(ccc3c2CCC(=O)N3)O1. The van der Waals surface area contributed by atoms with E-state index in [4.69, 9.17) is 10.3 Å². The monoisotopic (exact) mass is 244 g/mol. The summed E-state index contributed by atoms with van der Waals surface area (Å²) in [5.41, 5.74) is 11.5. The van der Waals surface area contributed by atoms with Crippen LogP contribution in [0.25, 0.3) is 10.4 Å². The molecule has 0 bridgehead atoms. The van der Waals surface area contributed by atoms with Gasteiger partial charge in [0.2, 0.25) is 5.91 Å². The maximum Gasteiger partial charge on any atom is 0.224 e. The number of hydrogen-bond acceptors (Lipinski definition) is 3. The van der Waals surface area contributed by atoms with Crippen molar-refractivity contribution in [2.24, 2.45) is 5.11 Å². The first-order valence-corrected chi connectivity index (χ1v) is 5.90. The number of carbonyl (C=O) groups excluding carboxylic acids is 1. The smallest absolute Gasteiger partial charge is 0.224 e. The molecule has 6 heteroatoms. The fourth-order valence-corrected chi connectivity index (χ4v) is 2.54. The number of ether oxygens (including phenoxy) is 1. The second kappa shape index (κ2) is 4.23. The largest absolute Gasteiger partial charge is 0.490 e. The number of nitrogens with one attached hydrogen (secondary N) is 1. The molecule has 0 saturated carbocycles. The van der Waals surface area contributed by atoms with Gasteiger partial charge in [-0.1, -0.05) is 5.11 Å². The Morgan fingerprint density at radius 2 is 2.33 bits per heavy atom. The second-order valence-corrected chi connectivity index (χ2v) is 4.47. The molecule has 6 nitrogen and oxygen atoms in total. The molecule has 1 atom stereocenters. The van der Waals surface area contributed by atoms with Crippen LogP contribution in [0.4, 0.5) is 5.69 Å². The molecule has 0 spiro atoms. The number of rotatable bonds is 2. The van der Waals surface area contributed by atoms with Gasteiger partial charge in [-0.3, -0.25) is 4.79 Å². The lowest BCUT2D eigenvalue weighted by Gasteiger charge is -2.18. The molecular weight excluding hydrogens is 232 g/mol. The van der Waals surface area contributed by atoms with E-state index in [0.717, 1.165) is 35.4 Å². The molecule has 2 aliphatic heterocycles. The molecule has 2 heterocycles. The summed E-state index contributed by atoms with van der Waals surface area (Å²) < 4.78 is 5.72. The van der Waals surface area contributed by atoms with Gasteiger partial charge in [-0.25, -0.2) is 0 Å². The van der Waals surface area contributed by atoms with Crippen LogP contribution in [0.3, 0.4) is 0 Å². The van der Waals surface area contributed by atoms with Gasteiger partial charge in [-0.15, -0.1) is 0 Å². The third-order valence-corrected chi connectivity index (χ3v) is 3.34. The van der Waals surface area contributed by atoms with Crippen LogP contribution in [-0.4, -0.2) is 18.6 Å². The van der Waals surface area contributed by atoms with Gasteiger partial charge in [0.25, 0.3) is 0 Å². The number of azide groups is 1. The fraction of sp³-hybridized carbons (Fsp3) is 0.417. The molecule has 0 radical (unpaired) electrons. The summed E-state index contributed by atoms with van der Waals surface area (Å²) in [5.74, 6) is 0.912. The Hall–Kier alpha value is -2.20. The fourth-order valence-electron chi connectivity index (χ4n) is 2.54. The maximum absolute atomic E-state index is 11.3. The first kappa shape index (κ1) is 10.9. The summed E-state index contributed by atoms with van der Waals surface area (Å²) in [6.07, 6.45) is 1.93. The van der Waals surface area contributed by atoms with Crippen LogP contribution in [-0.2, 0) is 17.6 Å². The van der Waals surface area contributed by atoms with Gasteiger partial charge < -0.3 is 10.1 Å². The summed E-state index contributed by atoms with van der Waals surface area (Å²) >= 11 is 0. The molecule has 2 aliphatic rings. The van der Waals surface area contributed by atoms with Crippen LogP contribution >= 0.6 is 0 Å². The van der Waals surface area contributed by atoms with E-state index in [1.807, 2.05) is 12.1 Å². The number of nitrogens with zero attached hydrogens (tertiary/aromatic N) is 3. The van der Waals surface area contributed by atoms with Crippen LogP contribution < -0.4 is 10.1 Å².